The van der Waals surface area contributed by atoms with Crippen LogP contribution < -0.4 is 5.32 Å². The second kappa shape index (κ2) is 10.1. The Labute approximate surface area is 194 Å². The molecule has 1 saturated heterocycles. The number of Topliss-reactive ketones (excluding diaryl/α,β-unsaturated/α-hetero) is 1. The van der Waals surface area contributed by atoms with Gasteiger partial charge in [0.15, 0.2) is 5.78 Å². The van der Waals surface area contributed by atoms with Gasteiger partial charge >= 0.3 is 0 Å². The number of ketones is 1. The second-order valence-electron chi connectivity index (χ2n) is 8.50. The molecular formula is C28H29N3O2. The minimum absolute atomic E-state index is 0.00339. The van der Waals surface area contributed by atoms with Gasteiger partial charge in [0.2, 0.25) is 0 Å². The number of fused-ring (bicyclic) bond motifs is 1. The summed E-state index contributed by atoms with van der Waals surface area (Å²) in [5.41, 5.74) is 3.83. The van der Waals surface area contributed by atoms with E-state index in [1.54, 1.807) is 0 Å². The number of benzene rings is 3. The zero-order valence-electron chi connectivity index (χ0n) is 18.6. The Hall–Kier alpha value is -3.25. The number of carbonyl (C=O) groups is 1. The summed E-state index contributed by atoms with van der Waals surface area (Å²) < 4.78 is 5.55. The number of nitrogens with zero attached hydrogens (tertiary/aromatic N) is 1. The fraction of sp³-hybridized carbons (Fsp3) is 0.250. The summed E-state index contributed by atoms with van der Waals surface area (Å²) in [6, 6.07) is 27.9. The predicted molar refractivity (Wildman–Crippen MR) is 131 cm³/mol. The number of rotatable bonds is 8. The minimum atomic E-state index is -0.461. The molecule has 0 amide bonds. The van der Waals surface area contributed by atoms with Crippen LogP contribution in [0.3, 0.4) is 0 Å². The van der Waals surface area contributed by atoms with Crippen LogP contribution in [0.4, 0.5) is 0 Å². The van der Waals surface area contributed by atoms with Gasteiger partial charge in [-0.2, -0.15) is 0 Å². The lowest BCUT2D eigenvalue weighted by molar-refractivity contribution is 0.0326. The monoisotopic (exact) mass is 439 g/mol. The fourth-order valence-corrected chi connectivity index (χ4v) is 4.58. The molecule has 1 fully saturated rings. The van der Waals surface area contributed by atoms with Crippen LogP contribution in [0, 0.1) is 0 Å². The van der Waals surface area contributed by atoms with Crippen LogP contribution in [0.15, 0.2) is 91.1 Å². The molecule has 5 nitrogen and oxygen atoms in total. The number of carbonyl (C=O) groups excluding carboxylic acids is 1. The van der Waals surface area contributed by atoms with Crippen molar-refractivity contribution in [3.63, 3.8) is 0 Å². The van der Waals surface area contributed by atoms with Gasteiger partial charge < -0.3 is 9.72 Å². The van der Waals surface area contributed by atoms with Crippen molar-refractivity contribution in [2.45, 2.75) is 12.1 Å². The number of aromatic nitrogens is 1. The Kier molecular flexibility index (Phi) is 6.63. The number of para-hydroxylation sites is 1. The highest BCUT2D eigenvalue weighted by molar-refractivity contribution is 6.10. The lowest BCUT2D eigenvalue weighted by Crippen LogP contribution is -2.43. The molecule has 1 aromatic heterocycles. The third-order valence-electron chi connectivity index (χ3n) is 6.36. The Morgan fingerprint density at radius 1 is 0.879 bits per heavy atom. The van der Waals surface area contributed by atoms with Crippen LogP contribution in [0.1, 0.15) is 33.6 Å². The maximum absolute atomic E-state index is 14.0. The van der Waals surface area contributed by atoms with Gasteiger partial charge in [0.1, 0.15) is 0 Å². The molecule has 0 aliphatic carbocycles. The average Bonchev–Trinajstić information content (AvgIpc) is 3.32. The largest absolute Gasteiger partial charge is 0.379 e. The van der Waals surface area contributed by atoms with Crippen LogP contribution in [-0.4, -0.2) is 48.5 Å². The van der Waals surface area contributed by atoms with E-state index in [9.17, 15) is 4.79 Å². The summed E-state index contributed by atoms with van der Waals surface area (Å²) in [6.07, 6.45) is 1.84. The van der Waals surface area contributed by atoms with Crippen molar-refractivity contribution >= 4 is 16.7 Å². The highest BCUT2D eigenvalue weighted by atomic mass is 16.5. The molecule has 2 heterocycles. The maximum atomic E-state index is 14.0. The second-order valence-corrected chi connectivity index (χ2v) is 8.50. The number of aromatic amines is 1. The van der Waals surface area contributed by atoms with Gasteiger partial charge in [0.05, 0.1) is 19.3 Å². The minimum Gasteiger partial charge on any atom is -0.379 e. The van der Waals surface area contributed by atoms with Gasteiger partial charge in [-0.1, -0.05) is 78.9 Å². The number of morpholine rings is 1. The molecule has 3 aromatic carbocycles. The van der Waals surface area contributed by atoms with E-state index < -0.39 is 6.04 Å². The van der Waals surface area contributed by atoms with Crippen molar-refractivity contribution in [3.8, 4) is 0 Å². The first-order valence-electron chi connectivity index (χ1n) is 11.6. The van der Waals surface area contributed by atoms with Crippen LogP contribution in [0.2, 0.25) is 0 Å². The Balaban J connectivity index is 1.50. The Morgan fingerprint density at radius 2 is 1.52 bits per heavy atom. The molecule has 4 aromatic rings. The molecule has 5 rings (SSSR count). The summed E-state index contributed by atoms with van der Waals surface area (Å²) in [5.74, 6) is 0.0709. The molecule has 0 spiro atoms. The molecule has 33 heavy (non-hydrogen) atoms. The fourth-order valence-electron chi connectivity index (χ4n) is 4.58. The molecule has 0 unspecified atom stereocenters. The average molecular weight is 440 g/mol. The van der Waals surface area contributed by atoms with Crippen LogP contribution in [0.5, 0.6) is 0 Å². The van der Waals surface area contributed by atoms with Gasteiger partial charge in [-0.3, -0.25) is 15.0 Å². The normalized spacial score (nSPS) is 16.5. The van der Waals surface area contributed by atoms with Crippen molar-refractivity contribution in [2.24, 2.45) is 0 Å². The highest BCUT2D eigenvalue weighted by Crippen LogP contribution is 2.28. The zero-order valence-corrected chi connectivity index (χ0v) is 18.6. The molecule has 0 radical (unpaired) electrons. The number of H-pyrrole nitrogens is 1. The van der Waals surface area contributed by atoms with E-state index >= 15 is 0 Å². The lowest BCUT2D eigenvalue weighted by Gasteiger charge is -2.33. The lowest BCUT2D eigenvalue weighted by atomic mass is 9.95. The molecule has 0 bridgehead atoms. The molecule has 1 aliphatic heterocycles. The van der Waals surface area contributed by atoms with Gasteiger partial charge in [-0.05, 0) is 17.2 Å². The number of hydrogen-bond acceptors (Lipinski definition) is 4. The van der Waals surface area contributed by atoms with Crippen molar-refractivity contribution in [2.75, 3.05) is 32.8 Å². The SMILES string of the molecule is O=C(c1c[nH]c2ccccc12)[C@@H](N[C@H](CN1CCOCC1)c1ccccc1)c1ccccc1. The van der Waals surface area contributed by atoms with Crippen molar-refractivity contribution in [3.05, 3.63) is 108 Å². The van der Waals surface area contributed by atoms with Gasteiger partial charge in [0.25, 0.3) is 0 Å². The van der Waals surface area contributed by atoms with Gasteiger partial charge in [-0.25, -0.2) is 0 Å². The van der Waals surface area contributed by atoms with Gasteiger partial charge in [-0.15, -0.1) is 0 Å². The summed E-state index contributed by atoms with van der Waals surface area (Å²) >= 11 is 0. The number of hydrogen-bond donors (Lipinski definition) is 2. The standard InChI is InChI=1S/C28H29N3O2/c32-28(24-19-29-25-14-8-7-13-23(24)25)27(22-11-5-2-6-12-22)30-26(21-9-3-1-4-10-21)20-31-15-17-33-18-16-31/h1-14,19,26-27,29-30H,15-18,20H2/t26-,27+/m1/s1. The van der Waals surface area contributed by atoms with E-state index in [4.69, 9.17) is 4.74 Å². The third kappa shape index (κ3) is 4.91. The molecular weight excluding hydrogens is 410 g/mol. The Bertz CT molecular complexity index is 1180. The Morgan fingerprint density at radius 3 is 2.24 bits per heavy atom. The first kappa shape index (κ1) is 21.6. The first-order chi connectivity index (χ1) is 16.3. The van der Waals surface area contributed by atoms with Crippen molar-refractivity contribution in [1.82, 2.24) is 15.2 Å². The topological polar surface area (TPSA) is 57.4 Å². The van der Waals surface area contributed by atoms with E-state index in [1.165, 1.54) is 5.56 Å². The van der Waals surface area contributed by atoms with Crippen molar-refractivity contribution in [1.29, 1.82) is 0 Å². The van der Waals surface area contributed by atoms with E-state index in [-0.39, 0.29) is 11.8 Å². The quantitative estimate of drug-likeness (QED) is 0.389. The summed E-state index contributed by atoms with van der Waals surface area (Å²) in [4.78, 5) is 19.6. The van der Waals surface area contributed by atoms with E-state index in [0.717, 1.165) is 49.3 Å². The predicted octanol–water partition coefficient (Wildman–Crippen LogP) is 4.76. The molecule has 1 aliphatic rings. The van der Waals surface area contributed by atoms with Gasteiger partial charge in [0, 0.05) is 48.3 Å². The van der Waals surface area contributed by atoms with Crippen LogP contribution >= 0.6 is 0 Å². The molecule has 168 valence electrons. The summed E-state index contributed by atoms with van der Waals surface area (Å²) in [6.45, 7) is 4.11. The summed E-state index contributed by atoms with van der Waals surface area (Å²) in [5, 5.41) is 4.69. The summed E-state index contributed by atoms with van der Waals surface area (Å²) in [7, 11) is 0. The number of ether oxygens (including phenoxy) is 1. The third-order valence-corrected chi connectivity index (χ3v) is 6.36. The molecule has 2 atom stereocenters. The van der Waals surface area contributed by atoms with Crippen LogP contribution in [0.25, 0.3) is 10.9 Å². The first-order valence-corrected chi connectivity index (χ1v) is 11.6. The number of nitrogens with one attached hydrogen (secondary N) is 2. The molecule has 0 saturated carbocycles. The zero-order chi connectivity index (χ0) is 22.5. The van der Waals surface area contributed by atoms with E-state index in [2.05, 4.69) is 39.5 Å². The maximum Gasteiger partial charge on any atom is 0.186 e. The van der Waals surface area contributed by atoms with E-state index in [0.29, 0.717) is 5.56 Å². The van der Waals surface area contributed by atoms with Crippen LogP contribution in [-0.2, 0) is 4.74 Å². The highest BCUT2D eigenvalue weighted by Gasteiger charge is 2.28. The molecule has 2 N–H and O–H groups in total. The smallest absolute Gasteiger partial charge is 0.186 e. The molecule has 5 heteroatoms. The van der Waals surface area contributed by atoms with E-state index in [1.807, 2.05) is 66.9 Å². The van der Waals surface area contributed by atoms with Crippen molar-refractivity contribution < 1.29 is 9.53 Å².